The highest BCUT2D eigenvalue weighted by Gasteiger charge is 2.46. The topological polar surface area (TPSA) is 122 Å². The van der Waals surface area contributed by atoms with Crippen molar-refractivity contribution in [3.63, 3.8) is 0 Å². The fourth-order valence-electron chi connectivity index (χ4n) is 5.24. The van der Waals surface area contributed by atoms with Crippen molar-refractivity contribution in [2.75, 3.05) is 36.9 Å². The van der Waals surface area contributed by atoms with Crippen LogP contribution in [0, 0.1) is 0 Å². The number of hydrogen-bond acceptors (Lipinski definition) is 9. The maximum absolute atomic E-state index is 12.7. The van der Waals surface area contributed by atoms with Crippen LogP contribution in [0.5, 0.6) is 5.75 Å². The Hall–Kier alpha value is -4.36. The summed E-state index contributed by atoms with van der Waals surface area (Å²) in [6, 6.07) is 20.7. The van der Waals surface area contributed by atoms with Gasteiger partial charge in [0.25, 0.3) is 0 Å². The number of nitrogens with zero attached hydrogens (tertiary/aromatic N) is 6. The van der Waals surface area contributed by atoms with Crippen LogP contribution in [-0.4, -0.2) is 61.7 Å². The summed E-state index contributed by atoms with van der Waals surface area (Å²) in [7, 11) is 0. The van der Waals surface area contributed by atoms with Gasteiger partial charge in [0, 0.05) is 40.1 Å². The molecule has 1 unspecified atom stereocenters. The van der Waals surface area contributed by atoms with E-state index in [0.29, 0.717) is 41.1 Å². The number of rotatable bonds is 14. The molecule has 1 aliphatic heterocycles. The van der Waals surface area contributed by atoms with E-state index in [-0.39, 0.29) is 31.0 Å². The zero-order valence-electron chi connectivity index (χ0n) is 26.1. The fourth-order valence-corrected chi connectivity index (χ4v) is 5.67. The van der Waals surface area contributed by atoms with Crippen LogP contribution in [-0.2, 0) is 21.8 Å². The molecule has 3 aromatic carbocycles. The van der Waals surface area contributed by atoms with Crippen molar-refractivity contribution < 1.29 is 14.2 Å². The second-order valence-electron chi connectivity index (χ2n) is 11.2. The average molecular weight is 680 g/mol. The van der Waals surface area contributed by atoms with Crippen LogP contribution < -0.4 is 21.1 Å². The second-order valence-corrected chi connectivity index (χ2v) is 12.1. The Bertz CT molecular complexity index is 1810. The molecule has 3 atom stereocenters. The molecule has 0 radical (unpaired) electrons. The first kappa shape index (κ1) is 32.6. The van der Waals surface area contributed by atoms with Crippen LogP contribution in [0.2, 0.25) is 10.0 Å². The molecular weight excluding hydrogens is 643 g/mol. The zero-order valence-corrected chi connectivity index (χ0v) is 27.6. The Balaban J connectivity index is 0.969. The lowest BCUT2D eigenvalue weighted by Gasteiger charge is -2.29. The molecule has 5 aromatic rings. The third kappa shape index (κ3) is 7.62. The van der Waals surface area contributed by atoms with Crippen molar-refractivity contribution in [3.8, 4) is 11.4 Å². The van der Waals surface area contributed by atoms with Crippen LogP contribution in [0.1, 0.15) is 31.9 Å². The summed E-state index contributed by atoms with van der Waals surface area (Å²) in [5, 5.41) is 20.5. The van der Waals surface area contributed by atoms with Crippen LogP contribution >= 0.6 is 23.2 Å². The minimum Gasteiger partial charge on any atom is -0.491 e. The molecule has 2 N–H and O–H groups in total. The summed E-state index contributed by atoms with van der Waals surface area (Å²) in [6.07, 6.45) is 5.23. The van der Waals surface area contributed by atoms with Gasteiger partial charge in [-0.3, -0.25) is 0 Å². The van der Waals surface area contributed by atoms with Crippen molar-refractivity contribution in [1.82, 2.24) is 29.3 Å². The number of halogens is 2. The normalized spacial score (nSPS) is 18.3. The number of ether oxygens (including phenoxy) is 3. The second kappa shape index (κ2) is 14.6. The lowest BCUT2D eigenvalue weighted by atomic mass is 10.1. The van der Waals surface area contributed by atoms with Gasteiger partial charge < -0.3 is 24.8 Å². The van der Waals surface area contributed by atoms with Crippen molar-refractivity contribution in [2.24, 2.45) is 0 Å². The van der Waals surface area contributed by atoms with E-state index in [0.717, 1.165) is 23.5 Å². The summed E-state index contributed by atoms with van der Waals surface area (Å²) in [6.45, 7) is 6.19. The number of hydrogen-bond donors (Lipinski definition) is 2. The third-order valence-corrected chi connectivity index (χ3v) is 8.50. The van der Waals surface area contributed by atoms with Crippen molar-refractivity contribution in [1.29, 1.82) is 0 Å². The van der Waals surface area contributed by atoms with Crippen molar-refractivity contribution in [3.05, 3.63) is 112 Å². The smallest absolute Gasteiger partial charge is 0.350 e. The molecule has 1 fully saturated rings. The highest BCUT2D eigenvalue weighted by atomic mass is 35.5. The SMILES string of the molecule is CCC(C)n1ncn(-c2ccc(NCCNc3ccc(OC[C@@H]4CO[C@@](Cn5nccn5)(c5cc(Cl)ccc5Cl)O4)cc3)cc2)c1=O. The molecule has 0 amide bonds. The van der Waals surface area contributed by atoms with Gasteiger partial charge >= 0.3 is 5.69 Å². The zero-order chi connectivity index (χ0) is 32.8. The van der Waals surface area contributed by atoms with Crippen LogP contribution in [0.15, 0.2) is 90.2 Å². The Labute approximate surface area is 282 Å². The summed E-state index contributed by atoms with van der Waals surface area (Å²) < 4.78 is 21.7. The Morgan fingerprint density at radius 3 is 2.34 bits per heavy atom. The lowest BCUT2D eigenvalue weighted by Crippen LogP contribution is -2.35. The molecule has 2 aromatic heterocycles. The van der Waals surface area contributed by atoms with E-state index in [1.165, 1.54) is 9.48 Å². The number of benzene rings is 3. The summed E-state index contributed by atoms with van der Waals surface area (Å²) in [4.78, 5) is 14.2. The Morgan fingerprint density at radius 1 is 0.979 bits per heavy atom. The summed E-state index contributed by atoms with van der Waals surface area (Å²) in [5.74, 6) is -0.506. The molecule has 1 saturated heterocycles. The fraction of sp³-hybridized carbons (Fsp3) is 0.333. The van der Waals surface area contributed by atoms with Crippen LogP contribution in [0.25, 0.3) is 5.69 Å². The van der Waals surface area contributed by atoms with Gasteiger partial charge in [-0.25, -0.2) is 14.0 Å². The maximum Gasteiger partial charge on any atom is 0.350 e. The maximum atomic E-state index is 12.7. The number of nitrogens with one attached hydrogen (secondary N) is 2. The molecule has 47 heavy (non-hydrogen) atoms. The number of aromatic nitrogens is 6. The average Bonchev–Trinajstić information content (AvgIpc) is 3.85. The first-order valence-electron chi connectivity index (χ1n) is 15.4. The van der Waals surface area contributed by atoms with Crippen molar-refractivity contribution in [2.45, 2.75) is 44.7 Å². The molecule has 12 nitrogen and oxygen atoms in total. The molecule has 1 aliphatic rings. The highest BCUT2D eigenvalue weighted by Crippen LogP contribution is 2.40. The van der Waals surface area contributed by atoms with Gasteiger partial charge in [-0.1, -0.05) is 30.1 Å². The Kier molecular flexibility index (Phi) is 10.1. The minimum atomic E-state index is -1.21. The first-order chi connectivity index (χ1) is 22.8. The van der Waals surface area contributed by atoms with Gasteiger partial charge in [-0.2, -0.15) is 20.1 Å². The molecule has 0 spiro atoms. The van der Waals surface area contributed by atoms with E-state index in [4.69, 9.17) is 37.4 Å². The van der Waals surface area contributed by atoms with Gasteiger partial charge in [0.2, 0.25) is 5.79 Å². The predicted molar refractivity (Wildman–Crippen MR) is 181 cm³/mol. The van der Waals surface area contributed by atoms with Gasteiger partial charge in [0.1, 0.15) is 31.3 Å². The van der Waals surface area contributed by atoms with E-state index >= 15 is 0 Å². The third-order valence-electron chi connectivity index (χ3n) is 7.94. The molecule has 0 saturated carbocycles. The predicted octanol–water partition coefficient (Wildman–Crippen LogP) is 5.77. The standard InChI is InChI=1S/C33H36Cl2N8O4/c1-3-23(2)43-32(44)41(22-40-43)27-9-5-25(6-10-27)36-14-15-37-26-7-11-28(12-8-26)45-19-29-20-46-33(47-29,21-42-38-16-17-39-42)30-18-24(34)4-13-31(30)35/h4-13,16-18,22-23,29,36-37H,3,14-15,19-21H2,1-2H3/t23?,29-,33-/m1/s1. The highest BCUT2D eigenvalue weighted by molar-refractivity contribution is 6.33. The molecule has 0 bridgehead atoms. The monoisotopic (exact) mass is 678 g/mol. The van der Waals surface area contributed by atoms with E-state index in [1.54, 1.807) is 41.5 Å². The molecule has 0 aliphatic carbocycles. The van der Waals surface area contributed by atoms with E-state index < -0.39 is 5.79 Å². The molecular formula is C33H36Cl2N8O4. The van der Waals surface area contributed by atoms with E-state index in [9.17, 15) is 4.79 Å². The van der Waals surface area contributed by atoms with E-state index in [2.05, 4.69) is 25.9 Å². The summed E-state index contributed by atoms with van der Waals surface area (Å²) in [5.41, 5.74) is 3.17. The largest absolute Gasteiger partial charge is 0.491 e. The minimum absolute atomic E-state index is 0.0575. The molecule has 6 rings (SSSR count). The summed E-state index contributed by atoms with van der Waals surface area (Å²) >= 11 is 12.8. The molecule has 246 valence electrons. The van der Waals surface area contributed by atoms with Crippen molar-refractivity contribution >= 4 is 34.6 Å². The van der Waals surface area contributed by atoms with Crippen LogP contribution in [0.3, 0.4) is 0 Å². The van der Waals surface area contributed by atoms with Crippen LogP contribution in [0.4, 0.5) is 11.4 Å². The van der Waals surface area contributed by atoms with Gasteiger partial charge in [0.15, 0.2) is 0 Å². The molecule has 14 heteroatoms. The first-order valence-corrected chi connectivity index (χ1v) is 16.2. The molecule has 3 heterocycles. The van der Waals surface area contributed by atoms with Gasteiger partial charge in [-0.05, 0) is 80.1 Å². The lowest BCUT2D eigenvalue weighted by molar-refractivity contribution is -0.192. The van der Waals surface area contributed by atoms with E-state index in [1.807, 2.05) is 62.4 Å². The van der Waals surface area contributed by atoms with Gasteiger partial charge in [-0.15, -0.1) is 0 Å². The Morgan fingerprint density at radius 2 is 1.66 bits per heavy atom. The van der Waals surface area contributed by atoms with Gasteiger partial charge in [0.05, 0.1) is 30.7 Å². The number of anilines is 2. The quantitative estimate of drug-likeness (QED) is 0.141.